The molecule has 1 heterocycles. The molecule has 0 unspecified atom stereocenters. The maximum Gasteiger partial charge on any atom is 0.125 e. The number of methoxy groups -OCH3 is 2. The lowest BCUT2D eigenvalue weighted by Gasteiger charge is -2.06. The lowest BCUT2D eigenvalue weighted by molar-refractivity contribution is 0.394. The van der Waals surface area contributed by atoms with E-state index in [-0.39, 0.29) is 0 Å². The number of hydrogen-bond donors (Lipinski definition) is 1. The highest BCUT2D eigenvalue weighted by molar-refractivity contribution is 9.11. The molecule has 2 rings (SSSR count). The van der Waals surface area contributed by atoms with Gasteiger partial charge in [0.2, 0.25) is 0 Å². The Kier molecular flexibility index (Phi) is 4.21. The van der Waals surface area contributed by atoms with Crippen molar-refractivity contribution in [2.24, 2.45) is 5.73 Å². The van der Waals surface area contributed by atoms with Crippen LogP contribution < -0.4 is 15.2 Å². The molecule has 2 N–H and O–H groups in total. The third-order valence-corrected chi connectivity index (χ3v) is 4.32. The summed E-state index contributed by atoms with van der Waals surface area (Å²) in [5.74, 6) is 1.48. The maximum absolute atomic E-state index is 5.62. The summed E-state index contributed by atoms with van der Waals surface area (Å²) >= 11 is 5.00. The minimum absolute atomic E-state index is 0.415. The number of nitrogens with two attached hydrogens (primary N) is 1. The third kappa shape index (κ3) is 2.66. The smallest absolute Gasteiger partial charge is 0.125 e. The van der Waals surface area contributed by atoms with Crippen LogP contribution in [-0.4, -0.2) is 19.2 Å². The van der Waals surface area contributed by atoms with Crippen molar-refractivity contribution < 1.29 is 9.47 Å². The van der Waals surface area contributed by atoms with E-state index in [0.717, 1.165) is 31.6 Å². The zero-order valence-corrected chi connectivity index (χ0v) is 12.5. The molecule has 0 amide bonds. The van der Waals surface area contributed by atoms with Crippen molar-refractivity contribution in [2.75, 3.05) is 14.2 Å². The zero-order valence-electron chi connectivity index (χ0n) is 10.1. The molecule has 0 atom stereocenters. The number of ether oxygens (including phenoxy) is 2. The highest BCUT2D eigenvalue weighted by Crippen LogP contribution is 2.35. The molecule has 6 heteroatoms. The van der Waals surface area contributed by atoms with Gasteiger partial charge in [-0.05, 0) is 28.1 Å². The Morgan fingerprint density at radius 1 is 1.22 bits per heavy atom. The van der Waals surface area contributed by atoms with E-state index in [4.69, 9.17) is 15.2 Å². The molecule has 0 saturated heterocycles. The average molecular weight is 329 g/mol. The normalized spacial score (nSPS) is 10.4. The Hall–Kier alpha value is -1.11. The summed E-state index contributed by atoms with van der Waals surface area (Å²) in [6.45, 7) is 0.415. The highest BCUT2D eigenvalue weighted by Gasteiger charge is 2.11. The van der Waals surface area contributed by atoms with E-state index in [0.29, 0.717) is 6.54 Å². The largest absolute Gasteiger partial charge is 0.497 e. The SMILES string of the molecule is COc1cc(OC)cc(-c2nc(CN)c(Br)s2)c1. The average Bonchev–Trinajstić information content (AvgIpc) is 2.79. The number of thiazole rings is 1. The summed E-state index contributed by atoms with van der Waals surface area (Å²) < 4.78 is 11.4. The molecule has 0 bridgehead atoms. The molecule has 4 nitrogen and oxygen atoms in total. The Morgan fingerprint density at radius 2 is 1.83 bits per heavy atom. The van der Waals surface area contributed by atoms with Crippen LogP contribution in [0.4, 0.5) is 0 Å². The molecule has 0 aliphatic rings. The molecule has 2 aromatic rings. The van der Waals surface area contributed by atoms with Crippen molar-refractivity contribution in [3.05, 3.63) is 27.7 Å². The van der Waals surface area contributed by atoms with Crippen molar-refractivity contribution in [3.63, 3.8) is 0 Å². The van der Waals surface area contributed by atoms with Crippen molar-refractivity contribution in [3.8, 4) is 22.1 Å². The standard InChI is InChI=1S/C12H13BrN2O2S/c1-16-8-3-7(4-9(5-8)17-2)12-15-10(6-14)11(13)18-12/h3-5H,6,14H2,1-2H3. The van der Waals surface area contributed by atoms with Crippen molar-refractivity contribution in [2.45, 2.75) is 6.54 Å². The van der Waals surface area contributed by atoms with E-state index in [1.54, 1.807) is 25.6 Å². The van der Waals surface area contributed by atoms with Gasteiger partial charge in [-0.25, -0.2) is 4.98 Å². The lowest BCUT2D eigenvalue weighted by atomic mass is 10.2. The topological polar surface area (TPSA) is 57.4 Å². The second-order valence-corrected chi connectivity index (χ2v) is 5.86. The van der Waals surface area contributed by atoms with Gasteiger partial charge in [0.05, 0.1) is 23.7 Å². The number of rotatable bonds is 4. The fourth-order valence-corrected chi connectivity index (χ4v) is 3.03. The van der Waals surface area contributed by atoms with Crippen LogP contribution in [0.1, 0.15) is 5.69 Å². The van der Waals surface area contributed by atoms with Crippen molar-refractivity contribution in [1.29, 1.82) is 0 Å². The Morgan fingerprint density at radius 3 is 2.28 bits per heavy atom. The zero-order chi connectivity index (χ0) is 13.1. The van der Waals surface area contributed by atoms with Crippen LogP contribution in [0.5, 0.6) is 11.5 Å². The number of nitrogens with zero attached hydrogens (tertiary/aromatic N) is 1. The van der Waals surface area contributed by atoms with Gasteiger partial charge in [0.25, 0.3) is 0 Å². The van der Waals surface area contributed by atoms with Crippen LogP contribution in [0.25, 0.3) is 10.6 Å². The summed E-state index contributed by atoms with van der Waals surface area (Å²) in [6.07, 6.45) is 0. The predicted molar refractivity (Wildman–Crippen MR) is 76.2 cm³/mol. The Balaban J connectivity index is 2.48. The summed E-state index contributed by atoms with van der Waals surface area (Å²) in [5.41, 5.74) is 7.43. The fraction of sp³-hybridized carbons (Fsp3) is 0.250. The molecule has 0 aliphatic heterocycles. The van der Waals surface area contributed by atoms with Crippen LogP contribution in [0.2, 0.25) is 0 Å². The molecule has 18 heavy (non-hydrogen) atoms. The van der Waals surface area contributed by atoms with E-state index >= 15 is 0 Å². The van der Waals surface area contributed by atoms with Crippen LogP contribution in [0, 0.1) is 0 Å². The van der Waals surface area contributed by atoms with Gasteiger partial charge in [-0.15, -0.1) is 11.3 Å². The van der Waals surface area contributed by atoms with E-state index < -0.39 is 0 Å². The summed E-state index contributed by atoms with van der Waals surface area (Å²) in [5, 5.41) is 0.888. The van der Waals surface area contributed by atoms with Gasteiger partial charge in [0, 0.05) is 18.2 Å². The fourth-order valence-electron chi connectivity index (χ4n) is 1.51. The first-order chi connectivity index (χ1) is 8.67. The molecule has 0 aliphatic carbocycles. The van der Waals surface area contributed by atoms with Gasteiger partial charge in [-0.3, -0.25) is 0 Å². The summed E-state index contributed by atoms with van der Waals surface area (Å²) in [7, 11) is 3.25. The number of halogens is 1. The monoisotopic (exact) mass is 328 g/mol. The van der Waals surface area contributed by atoms with Crippen LogP contribution in [0.3, 0.4) is 0 Å². The van der Waals surface area contributed by atoms with Gasteiger partial charge in [-0.2, -0.15) is 0 Å². The second kappa shape index (κ2) is 5.69. The van der Waals surface area contributed by atoms with Gasteiger partial charge in [0.15, 0.2) is 0 Å². The van der Waals surface area contributed by atoms with E-state index in [1.165, 1.54) is 0 Å². The first-order valence-electron chi connectivity index (χ1n) is 5.26. The summed E-state index contributed by atoms with van der Waals surface area (Å²) in [6, 6.07) is 5.68. The Labute approximate surface area is 118 Å². The molecule has 0 fully saturated rings. The number of hydrogen-bond acceptors (Lipinski definition) is 5. The quantitative estimate of drug-likeness (QED) is 0.937. The minimum Gasteiger partial charge on any atom is -0.497 e. The van der Waals surface area contributed by atoms with Crippen LogP contribution >= 0.6 is 27.3 Å². The van der Waals surface area contributed by atoms with Gasteiger partial charge in [0.1, 0.15) is 16.5 Å². The number of benzene rings is 1. The lowest BCUT2D eigenvalue weighted by Crippen LogP contribution is -1.96. The van der Waals surface area contributed by atoms with Gasteiger partial charge < -0.3 is 15.2 Å². The molecular formula is C12H13BrN2O2S. The van der Waals surface area contributed by atoms with E-state index in [2.05, 4.69) is 20.9 Å². The van der Waals surface area contributed by atoms with E-state index in [1.807, 2.05) is 18.2 Å². The molecule has 0 spiro atoms. The predicted octanol–water partition coefficient (Wildman–Crippen LogP) is 3.05. The number of aromatic nitrogens is 1. The van der Waals surface area contributed by atoms with Gasteiger partial charge in [-0.1, -0.05) is 0 Å². The Bertz CT molecular complexity index is 535. The second-order valence-electron chi connectivity index (χ2n) is 3.54. The van der Waals surface area contributed by atoms with Gasteiger partial charge >= 0.3 is 0 Å². The molecule has 1 aromatic carbocycles. The van der Waals surface area contributed by atoms with Crippen LogP contribution in [0.15, 0.2) is 22.0 Å². The molecule has 1 aromatic heterocycles. The first kappa shape index (κ1) is 13.3. The molecule has 0 saturated carbocycles. The molecule has 96 valence electrons. The highest BCUT2D eigenvalue weighted by atomic mass is 79.9. The van der Waals surface area contributed by atoms with Crippen molar-refractivity contribution >= 4 is 27.3 Å². The third-order valence-electron chi connectivity index (χ3n) is 2.44. The van der Waals surface area contributed by atoms with E-state index in [9.17, 15) is 0 Å². The molecular weight excluding hydrogens is 316 g/mol. The van der Waals surface area contributed by atoms with Crippen molar-refractivity contribution in [1.82, 2.24) is 4.98 Å². The maximum atomic E-state index is 5.62. The van der Waals surface area contributed by atoms with Crippen LogP contribution in [-0.2, 0) is 6.54 Å². The first-order valence-corrected chi connectivity index (χ1v) is 6.87. The summed E-state index contributed by atoms with van der Waals surface area (Å²) in [4.78, 5) is 4.48. The minimum atomic E-state index is 0.415. The molecule has 0 radical (unpaired) electrons.